The predicted octanol–water partition coefficient (Wildman–Crippen LogP) is 5.84. The van der Waals surface area contributed by atoms with Crippen molar-refractivity contribution in [2.24, 2.45) is 0 Å². The smallest absolute Gasteiger partial charge is 0.299 e. The van der Waals surface area contributed by atoms with Crippen LogP contribution >= 0.6 is 7.60 Å². The van der Waals surface area contributed by atoms with Crippen LogP contribution in [0.4, 0.5) is 0 Å². The quantitative estimate of drug-likeness (QED) is 0.641. The molecule has 4 heteroatoms. The van der Waals surface area contributed by atoms with Gasteiger partial charge in [-0.3, -0.25) is 13.6 Å². The fraction of sp³-hybridized carbons (Fsp3) is 0.667. The Morgan fingerprint density at radius 1 is 0.955 bits per heavy atom. The number of hydrogen-bond acceptors (Lipinski definition) is 3. The first-order chi connectivity index (χ1) is 9.79. The lowest BCUT2D eigenvalue weighted by Crippen LogP contribution is -2.41. The van der Waals surface area contributed by atoms with Crippen LogP contribution < -0.4 is 0 Å². The summed E-state index contributed by atoms with van der Waals surface area (Å²) in [5.74, 6) is 0. The highest BCUT2D eigenvalue weighted by atomic mass is 31.2. The molecule has 1 unspecified atom stereocenters. The SMILES string of the molecule is CC(c1ccc(C(C)(C)C)cc1)P1(=O)OC(C)(C)C(C)(C)O1. The molecule has 22 heavy (non-hydrogen) atoms. The highest BCUT2D eigenvalue weighted by molar-refractivity contribution is 7.54. The van der Waals surface area contributed by atoms with Crippen molar-refractivity contribution in [2.75, 3.05) is 0 Å². The first-order valence-electron chi connectivity index (χ1n) is 7.90. The molecule has 0 aromatic heterocycles. The van der Waals surface area contributed by atoms with Crippen LogP contribution in [0.3, 0.4) is 0 Å². The van der Waals surface area contributed by atoms with Crippen LogP contribution in [0, 0.1) is 0 Å². The van der Waals surface area contributed by atoms with Gasteiger partial charge in [0.25, 0.3) is 0 Å². The average Bonchev–Trinajstić information content (AvgIpc) is 2.52. The van der Waals surface area contributed by atoms with Crippen molar-refractivity contribution in [3.05, 3.63) is 35.4 Å². The predicted molar refractivity (Wildman–Crippen MR) is 91.5 cm³/mol. The summed E-state index contributed by atoms with van der Waals surface area (Å²) in [4.78, 5) is 0. The molecule has 1 aliphatic rings. The molecule has 3 nitrogen and oxygen atoms in total. The van der Waals surface area contributed by atoms with Gasteiger partial charge in [0.2, 0.25) is 0 Å². The van der Waals surface area contributed by atoms with Crippen molar-refractivity contribution >= 4 is 7.60 Å². The van der Waals surface area contributed by atoms with Crippen LogP contribution in [0.25, 0.3) is 0 Å². The van der Waals surface area contributed by atoms with Crippen molar-refractivity contribution in [2.45, 2.75) is 77.7 Å². The van der Waals surface area contributed by atoms with Gasteiger partial charge in [0.15, 0.2) is 0 Å². The molecule has 0 bridgehead atoms. The minimum absolute atomic E-state index is 0.108. The van der Waals surface area contributed by atoms with Crippen LogP contribution in [0.2, 0.25) is 0 Å². The molecule has 0 amide bonds. The Morgan fingerprint density at radius 2 is 1.36 bits per heavy atom. The highest BCUT2D eigenvalue weighted by Crippen LogP contribution is 2.71. The fourth-order valence-electron chi connectivity index (χ4n) is 2.48. The van der Waals surface area contributed by atoms with E-state index in [1.165, 1.54) is 5.56 Å². The van der Waals surface area contributed by atoms with Crippen molar-refractivity contribution in [3.8, 4) is 0 Å². The normalized spacial score (nSPS) is 24.2. The standard InChI is InChI=1S/C18H29O3P/c1-13(14-9-11-15(12-10-14)16(2,3)4)22(19)20-17(5,6)18(7,8)21-22/h9-13H,1-8H3. The van der Waals surface area contributed by atoms with Gasteiger partial charge in [-0.1, -0.05) is 45.0 Å². The molecule has 1 aromatic rings. The monoisotopic (exact) mass is 324 g/mol. The van der Waals surface area contributed by atoms with E-state index in [9.17, 15) is 4.57 Å². The number of benzene rings is 1. The van der Waals surface area contributed by atoms with E-state index in [1.807, 2.05) is 46.8 Å². The van der Waals surface area contributed by atoms with Gasteiger partial charge in [-0.2, -0.15) is 0 Å². The van der Waals surface area contributed by atoms with Crippen LogP contribution in [0.1, 0.15) is 72.2 Å². The molecule has 1 aliphatic heterocycles. The Bertz CT molecular complexity index is 574. The zero-order chi connectivity index (χ0) is 17.0. The lowest BCUT2D eigenvalue weighted by atomic mass is 9.86. The summed E-state index contributed by atoms with van der Waals surface area (Å²) in [6, 6.07) is 8.28. The third-order valence-electron chi connectivity index (χ3n) is 4.89. The van der Waals surface area contributed by atoms with Crippen LogP contribution in [-0.4, -0.2) is 11.2 Å². The van der Waals surface area contributed by atoms with Crippen LogP contribution in [0.5, 0.6) is 0 Å². The summed E-state index contributed by atoms with van der Waals surface area (Å²) >= 11 is 0. The zero-order valence-electron chi connectivity index (χ0n) is 15.1. The second-order valence-electron chi connectivity index (χ2n) is 8.29. The van der Waals surface area contributed by atoms with E-state index >= 15 is 0 Å². The maximum atomic E-state index is 13.2. The highest BCUT2D eigenvalue weighted by Gasteiger charge is 2.57. The van der Waals surface area contributed by atoms with Gasteiger partial charge in [-0.25, -0.2) is 0 Å². The summed E-state index contributed by atoms with van der Waals surface area (Å²) in [5.41, 5.74) is 0.948. The van der Waals surface area contributed by atoms with Crippen molar-refractivity contribution in [1.82, 2.24) is 0 Å². The Hall–Kier alpha value is -0.630. The molecule has 0 N–H and O–H groups in total. The van der Waals surface area contributed by atoms with E-state index in [4.69, 9.17) is 9.05 Å². The van der Waals surface area contributed by atoms with Gasteiger partial charge in [0, 0.05) is 0 Å². The maximum absolute atomic E-state index is 13.2. The van der Waals surface area contributed by atoms with Crippen molar-refractivity contribution < 1.29 is 13.6 Å². The third-order valence-corrected chi connectivity index (χ3v) is 7.56. The van der Waals surface area contributed by atoms with Gasteiger partial charge >= 0.3 is 7.60 Å². The Labute approximate surface area is 134 Å². The zero-order valence-corrected chi connectivity index (χ0v) is 16.0. The summed E-state index contributed by atoms with van der Waals surface area (Å²) in [6.07, 6.45) is 0. The van der Waals surface area contributed by atoms with Gasteiger partial charge < -0.3 is 0 Å². The molecule has 1 saturated heterocycles. The number of hydrogen-bond donors (Lipinski definition) is 0. The summed E-state index contributed by atoms with van der Waals surface area (Å²) in [6.45, 7) is 16.2. The van der Waals surface area contributed by atoms with E-state index < -0.39 is 18.8 Å². The summed E-state index contributed by atoms with van der Waals surface area (Å²) in [5, 5.41) is 0. The molecule has 0 aliphatic carbocycles. The minimum atomic E-state index is -3.18. The minimum Gasteiger partial charge on any atom is -0.299 e. The van der Waals surface area contributed by atoms with Gasteiger partial charge in [0.05, 0.1) is 5.66 Å². The molecule has 0 radical (unpaired) electrons. The van der Waals surface area contributed by atoms with Gasteiger partial charge in [-0.15, -0.1) is 0 Å². The van der Waals surface area contributed by atoms with Crippen molar-refractivity contribution in [1.29, 1.82) is 0 Å². The van der Waals surface area contributed by atoms with Crippen LogP contribution in [0.15, 0.2) is 24.3 Å². The first kappa shape index (κ1) is 17.7. The Morgan fingerprint density at radius 3 is 1.73 bits per heavy atom. The topological polar surface area (TPSA) is 35.5 Å². The summed E-state index contributed by atoms with van der Waals surface area (Å²) < 4.78 is 25.0. The van der Waals surface area contributed by atoms with E-state index in [-0.39, 0.29) is 11.1 Å². The summed E-state index contributed by atoms with van der Waals surface area (Å²) in [7, 11) is -3.18. The van der Waals surface area contributed by atoms with Gasteiger partial charge in [0.1, 0.15) is 11.2 Å². The Kier molecular flexibility index (Phi) is 4.18. The molecule has 1 fully saturated rings. The largest absolute Gasteiger partial charge is 0.339 e. The molecule has 1 heterocycles. The van der Waals surface area contributed by atoms with Gasteiger partial charge in [-0.05, 0) is 51.2 Å². The average molecular weight is 324 g/mol. The second-order valence-corrected chi connectivity index (χ2v) is 10.5. The fourth-order valence-corrected chi connectivity index (χ4v) is 5.08. The number of rotatable bonds is 2. The maximum Gasteiger partial charge on any atom is 0.339 e. The second kappa shape index (κ2) is 5.19. The molecule has 124 valence electrons. The van der Waals surface area contributed by atoms with E-state index in [1.54, 1.807) is 0 Å². The lowest BCUT2D eigenvalue weighted by Gasteiger charge is -2.29. The molecular formula is C18H29O3P. The third kappa shape index (κ3) is 3.04. The molecule has 0 spiro atoms. The van der Waals surface area contributed by atoms with E-state index in [2.05, 4.69) is 32.9 Å². The Balaban J connectivity index is 2.29. The molecular weight excluding hydrogens is 295 g/mol. The molecule has 2 rings (SSSR count). The molecule has 1 aromatic carbocycles. The van der Waals surface area contributed by atoms with Crippen LogP contribution in [-0.2, 0) is 19.0 Å². The van der Waals surface area contributed by atoms with E-state index in [0.717, 1.165) is 5.56 Å². The van der Waals surface area contributed by atoms with Crippen molar-refractivity contribution in [3.63, 3.8) is 0 Å². The lowest BCUT2D eigenvalue weighted by molar-refractivity contribution is 0.00578. The first-order valence-corrected chi connectivity index (χ1v) is 9.51. The molecule has 1 atom stereocenters. The molecule has 0 saturated carbocycles. The van der Waals surface area contributed by atoms with E-state index in [0.29, 0.717) is 0 Å².